The second-order valence-electron chi connectivity index (χ2n) is 9.39. The highest BCUT2D eigenvalue weighted by molar-refractivity contribution is 5.82. The van der Waals surface area contributed by atoms with Crippen LogP contribution in [-0.2, 0) is 5.41 Å². The van der Waals surface area contributed by atoms with Crippen LogP contribution in [0.4, 0.5) is 5.69 Å². The standard InChI is InChI=1S/C34H31N/c1-4-5-6-12-28-23-27-11-7-9-14-32(27)34(28,3)33-15-10-8-13-31(33)30-21-18-26(22-24(30)2)25-16-19-29(35)20-17-25/h4-23H,35H2,1-3H3/b5-4?,12-6-. The van der Waals surface area contributed by atoms with E-state index in [0.717, 1.165) is 5.69 Å². The van der Waals surface area contributed by atoms with Crippen LogP contribution in [0.1, 0.15) is 36.1 Å². The summed E-state index contributed by atoms with van der Waals surface area (Å²) in [5.41, 5.74) is 17.9. The molecule has 1 aliphatic rings. The van der Waals surface area contributed by atoms with E-state index in [0.29, 0.717) is 0 Å². The average Bonchev–Trinajstić information content (AvgIpc) is 3.17. The van der Waals surface area contributed by atoms with Gasteiger partial charge in [-0.2, -0.15) is 0 Å². The molecule has 35 heavy (non-hydrogen) atoms. The SMILES string of the molecule is CC=C/C=C\C1=Cc2ccccc2C1(C)c1ccccc1-c1ccc(-c2ccc(N)cc2)cc1C. The monoisotopic (exact) mass is 453 g/mol. The van der Waals surface area contributed by atoms with E-state index in [2.05, 4.69) is 123 Å². The van der Waals surface area contributed by atoms with Crippen LogP contribution in [0.5, 0.6) is 0 Å². The van der Waals surface area contributed by atoms with Gasteiger partial charge in [0.05, 0.1) is 0 Å². The Balaban J connectivity index is 1.65. The first-order valence-electron chi connectivity index (χ1n) is 12.2. The fourth-order valence-electron chi connectivity index (χ4n) is 5.31. The first-order valence-corrected chi connectivity index (χ1v) is 12.2. The van der Waals surface area contributed by atoms with Gasteiger partial charge in [0, 0.05) is 11.1 Å². The number of benzene rings is 4. The molecule has 0 spiro atoms. The van der Waals surface area contributed by atoms with Gasteiger partial charge in [0.15, 0.2) is 0 Å². The molecule has 1 nitrogen and oxygen atoms in total. The van der Waals surface area contributed by atoms with Crippen molar-refractivity contribution in [2.24, 2.45) is 0 Å². The van der Waals surface area contributed by atoms with E-state index in [1.165, 1.54) is 50.1 Å². The third-order valence-electron chi connectivity index (χ3n) is 7.19. The fraction of sp³-hybridized carbons (Fsp3) is 0.118. The van der Waals surface area contributed by atoms with Crippen molar-refractivity contribution < 1.29 is 0 Å². The summed E-state index contributed by atoms with van der Waals surface area (Å²) in [6.07, 6.45) is 10.9. The van der Waals surface area contributed by atoms with E-state index in [9.17, 15) is 0 Å². The van der Waals surface area contributed by atoms with Crippen molar-refractivity contribution in [1.29, 1.82) is 0 Å². The number of allylic oxidation sites excluding steroid dienone is 5. The smallest absolute Gasteiger partial charge is 0.0435 e. The van der Waals surface area contributed by atoms with Crippen molar-refractivity contribution >= 4 is 11.8 Å². The van der Waals surface area contributed by atoms with Crippen LogP contribution in [0, 0.1) is 6.92 Å². The number of hydrogen-bond donors (Lipinski definition) is 1. The Morgan fingerprint density at radius 2 is 1.40 bits per heavy atom. The van der Waals surface area contributed by atoms with Crippen molar-refractivity contribution in [1.82, 2.24) is 0 Å². The van der Waals surface area contributed by atoms with Gasteiger partial charge in [0.1, 0.15) is 0 Å². The highest BCUT2D eigenvalue weighted by Gasteiger charge is 2.39. The number of anilines is 1. The lowest BCUT2D eigenvalue weighted by molar-refractivity contribution is 0.710. The molecule has 0 bridgehead atoms. The van der Waals surface area contributed by atoms with Gasteiger partial charge in [-0.05, 0) is 83.0 Å². The second-order valence-corrected chi connectivity index (χ2v) is 9.39. The lowest BCUT2D eigenvalue weighted by Crippen LogP contribution is -2.24. The largest absolute Gasteiger partial charge is 0.399 e. The maximum absolute atomic E-state index is 5.89. The molecule has 4 aromatic rings. The Bertz CT molecular complexity index is 1470. The molecule has 0 amide bonds. The van der Waals surface area contributed by atoms with E-state index in [1.807, 2.05) is 19.1 Å². The minimum Gasteiger partial charge on any atom is -0.399 e. The summed E-state index contributed by atoms with van der Waals surface area (Å²) in [6, 6.07) is 32.5. The van der Waals surface area contributed by atoms with E-state index in [1.54, 1.807) is 0 Å². The molecular formula is C34H31N. The lowest BCUT2D eigenvalue weighted by Gasteiger charge is -2.32. The summed E-state index contributed by atoms with van der Waals surface area (Å²) in [6.45, 7) is 6.62. The van der Waals surface area contributed by atoms with Crippen molar-refractivity contribution in [3.8, 4) is 22.3 Å². The Hall–Kier alpha value is -4.10. The summed E-state index contributed by atoms with van der Waals surface area (Å²) in [5, 5.41) is 0. The molecule has 0 saturated carbocycles. The van der Waals surface area contributed by atoms with Gasteiger partial charge in [-0.15, -0.1) is 0 Å². The van der Waals surface area contributed by atoms with Crippen LogP contribution >= 0.6 is 0 Å². The van der Waals surface area contributed by atoms with Crippen LogP contribution in [0.3, 0.4) is 0 Å². The molecule has 172 valence electrons. The Morgan fingerprint density at radius 1 is 0.714 bits per heavy atom. The summed E-state index contributed by atoms with van der Waals surface area (Å²) in [4.78, 5) is 0. The van der Waals surface area contributed by atoms with Crippen molar-refractivity contribution in [2.45, 2.75) is 26.2 Å². The van der Waals surface area contributed by atoms with Gasteiger partial charge < -0.3 is 5.73 Å². The zero-order chi connectivity index (χ0) is 24.4. The normalized spacial score (nSPS) is 17.2. The third-order valence-corrected chi connectivity index (χ3v) is 7.19. The molecule has 0 heterocycles. The van der Waals surface area contributed by atoms with Crippen LogP contribution in [0.25, 0.3) is 28.3 Å². The Kier molecular flexibility index (Phi) is 6.01. The molecule has 1 heteroatoms. The molecule has 0 saturated heterocycles. The molecule has 1 aliphatic carbocycles. The molecule has 1 atom stereocenters. The zero-order valence-electron chi connectivity index (χ0n) is 20.6. The van der Waals surface area contributed by atoms with Gasteiger partial charge in [0.25, 0.3) is 0 Å². The lowest BCUT2D eigenvalue weighted by atomic mass is 9.70. The van der Waals surface area contributed by atoms with Crippen LogP contribution in [0.2, 0.25) is 0 Å². The maximum Gasteiger partial charge on any atom is 0.0435 e. The van der Waals surface area contributed by atoms with E-state index in [4.69, 9.17) is 5.73 Å². The molecule has 0 aliphatic heterocycles. The predicted molar refractivity (Wildman–Crippen MR) is 151 cm³/mol. The van der Waals surface area contributed by atoms with E-state index < -0.39 is 0 Å². The third kappa shape index (κ3) is 4.04. The van der Waals surface area contributed by atoms with Crippen molar-refractivity contribution in [2.75, 3.05) is 5.73 Å². The minimum atomic E-state index is -0.243. The molecule has 4 aromatic carbocycles. The molecule has 1 unspecified atom stereocenters. The predicted octanol–water partition coefficient (Wildman–Crippen LogP) is 8.75. The van der Waals surface area contributed by atoms with Crippen LogP contribution in [-0.4, -0.2) is 0 Å². The topological polar surface area (TPSA) is 26.0 Å². The Morgan fingerprint density at radius 3 is 2.14 bits per heavy atom. The Labute approximate surface area is 209 Å². The van der Waals surface area contributed by atoms with Gasteiger partial charge in [-0.1, -0.05) is 109 Å². The summed E-state index contributed by atoms with van der Waals surface area (Å²) >= 11 is 0. The van der Waals surface area contributed by atoms with Crippen molar-refractivity contribution in [3.63, 3.8) is 0 Å². The molecule has 5 rings (SSSR count). The average molecular weight is 454 g/mol. The van der Waals surface area contributed by atoms with Gasteiger partial charge >= 0.3 is 0 Å². The second kappa shape index (κ2) is 9.27. The maximum atomic E-state index is 5.89. The fourth-order valence-corrected chi connectivity index (χ4v) is 5.31. The number of nitrogen functional groups attached to an aromatic ring is 1. The van der Waals surface area contributed by atoms with Crippen LogP contribution in [0.15, 0.2) is 121 Å². The molecule has 0 aromatic heterocycles. The summed E-state index contributed by atoms with van der Waals surface area (Å²) < 4.78 is 0. The number of aryl methyl sites for hydroxylation is 1. The molecular weight excluding hydrogens is 422 g/mol. The first-order chi connectivity index (χ1) is 17.0. The quantitative estimate of drug-likeness (QED) is 0.237. The van der Waals surface area contributed by atoms with E-state index >= 15 is 0 Å². The van der Waals surface area contributed by atoms with Crippen molar-refractivity contribution in [3.05, 3.63) is 143 Å². The number of rotatable bonds is 5. The first kappa shape index (κ1) is 22.7. The highest BCUT2D eigenvalue weighted by Crippen LogP contribution is 2.50. The van der Waals surface area contributed by atoms with Gasteiger partial charge in [-0.3, -0.25) is 0 Å². The summed E-state index contributed by atoms with van der Waals surface area (Å²) in [7, 11) is 0. The highest BCUT2D eigenvalue weighted by atomic mass is 14.5. The number of fused-ring (bicyclic) bond motifs is 1. The minimum absolute atomic E-state index is 0.243. The molecule has 0 radical (unpaired) electrons. The van der Waals surface area contributed by atoms with Gasteiger partial charge in [-0.25, -0.2) is 0 Å². The van der Waals surface area contributed by atoms with Crippen LogP contribution < -0.4 is 5.73 Å². The summed E-state index contributed by atoms with van der Waals surface area (Å²) in [5.74, 6) is 0. The molecule has 2 N–H and O–H groups in total. The molecule has 0 fully saturated rings. The van der Waals surface area contributed by atoms with Gasteiger partial charge in [0.2, 0.25) is 0 Å². The van der Waals surface area contributed by atoms with E-state index in [-0.39, 0.29) is 5.41 Å². The number of hydrogen-bond acceptors (Lipinski definition) is 1. The number of nitrogens with two attached hydrogens (primary N) is 1. The zero-order valence-corrected chi connectivity index (χ0v) is 20.6.